The standard InChI is InChI=1S/C52H91NO7/c1-6-8-10-12-14-16-18-20-22-23-24-25-26-27-29-30-32-34-36-38-40-42-50(54)59-47-48(46-58-45-44-49(52(56)57)53(3,4)5)60-51(55)43-41-39-37-35-33-31-28-21-19-17-15-13-11-9-7-2/h8,10,14-17,19-22,48-49H,6-7,9,11-13,18,23-47H2,1-5H3/p+1/b10-8+,16-14+,17-15+,21-19+,22-20+. The number of carbonyl (C=O) groups excluding carboxylic acids is 2. The highest BCUT2D eigenvalue weighted by molar-refractivity contribution is 5.72. The van der Waals surface area contributed by atoms with E-state index in [1.165, 1.54) is 89.9 Å². The molecule has 0 bridgehead atoms. The van der Waals surface area contributed by atoms with Gasteiger partial charge in [-0.05, 0) is 70.6 Å². The van der Waals surface area contributed by atoms with Gasteiger partial charge in [-0.25, -0.2) is 4.79 Å². The van der Waals surface area contributed by atoms with E-state index in [9.17, 15) is 19.5 Å². The molecule has 60 heavy (non-hydrogen) atoms. The molecule has 2 unspecified atom stereocenters. The third kappa shape index (κ3) is 40.4. The molecule has 0 aliphatic carbocycles. The Bertz CT molecular complexity index is 1170. The van der Waals surface area contributed by atoms with Crippen molar-refractivity contribution < 1.29 is 38.2 Å². The number of likely N-dealkylation sites (N-methyl/N-ethyl adjacent to an activating group) is 1. The second-order valence-electron chi connectivity index (χ2n) is 17.4. The van der Waals surface area contributed by atoms with Crippen LogP contribution in [0.4, 0.5) is 0 Å². The van der Waals surface area contributed by atoms with Crippen molar-refractivity contribution in [3.05, 3.63) is 60.8 Å². The molecule has 0 heterocycles. The second kappa shape index (κ2) is 42.7. The Labute approximate surface area is 368 Å². The van der Waals surface area contributed by atoms with E-state index >= 15 is 0 Å². The highest BCUT2D eigenvalue weighted by Gasteiger charge is 2.31. The van der Waals surface area contributed by atoms with Gasteiger partial charge in [0.2, 0.25) is 0 Å². The highest BCUT2D eigenvalue weighted by atomic mass is 16.6. The molecule has 0 aliphatic rings. The number of carboxylic acids is 1. The van der Waals surface area contributed by atoms with Crippen molar-refractivity contribution in [1.29, 1.82) is 0 Å². The van der Waals surface area contributed by atoms with Gasteiger partial charge in [-0.1, -0.05) is 171 Å². The molecule has 0 spiro atoms. The fourth-order valence-electron chi connectivity index (χ4n) is 6.92. The number of ether oxygens (including phenoxy) is 3. The molecule has 0 saturated carbocycles. The van der Waals surface area contributed by atoms with Crippen LogP contribution in [-0.4, -0.2) is 80.6 Å². The van der Waals surface area contributed by atoms with Crippen LogP contribution in [0.1, 0.15) is 200 Å². The van der Waals surface area contributed by atoms with Gasteiger partial charge in [0.1, 0.15) is 6.61 Å². The predicted molar refractivity (Wildman–Crippen MR) is 252 cm³/mol. The Hall–Kier alpha value is -2.97. The highest BCUT2D eigenvalue weighted by Crippen LogP contribution is 2.15. The van der Waals surface area contributed by atoms with E-state index in [2.05, 4.69) is 74.6 Å². The summed E-state index contributed by atoms with van der Waals surface area (Å²) in [5.74, 6) is -1.48. The lowest BCUT2D eigenvalue weighted by atomic mass is 10.0. The van der Waals surface area contributed by atoms with Crippen molar-refractivity contribution >= 4 is 17.9 Å². The van der Waals surface area contributed by atoms with Crippen LogP contribution in [0, 0.1) is 0 Å². The zero-order valence-electron chi connectivity index (χ0n) is 39.4. The monoisotopic (exact) mass is 843 g/mol. The zero-order chi connectivity index (χ0) is 44.2. The molecule has 2 atom stereocenters. The van der Waals surface area contributed by atoms with Crippen LogP contribution in [-0.2, 0) is 28.6 Å². The minimum atomic E-state index is -0.878. The molecule has 0 radical (unpaired) electrons. The molecule has 0 saturated heterocycles. The largest absolute Gasteiger partial charge is 0.477 e. The fraction of sp³-hybridized carbons (Fsp3) is 0.750. The molecule has 1 N–H and O–H groups in total. The lowest BCUT2D eigenvalue weighted by Crippen LogP contribution is -2.50. The first-order valence-electron chi connectivity index (χ1n) is 24.3. The molecule has 346 valence electrons. The summed E-state index contributed by atoms with van der Waals surface area (Å²) in [6.45, 7) is 4.59. The predicted octanol–water partition coefficient (Wildman–Crippen LogP) is 13.8. The summed E-state index contributed by atoms with van der Waals surface area (Å²) in [7, 11) is 5.52. The second-order valence-corrected chi connectivity index (χ2v) is 17.4. The summed E-state index contributed by atoms with van der Waals surface area (Å²) < 4.78 is 17.3. The number of aliphatic carboxylic acids is 1. The molecule has 0 aromatic heterocycles. The van der Waals surface area contributed by atoms with Gasteiger partial charge >= 0.3 is 17.9 Å². The molecule has 8 nitrogen and oxygen atoms in total. The van der Waals surface area contributed by atoms with E-state index in [4.69, 9.17) is 14.2 Å². The fourth-order valence-corrected chi connectivity index (χ4v) is 6.92. The summed E-state index contributed by atoms with van der Waals surface area (Å²) in [5.41, 5.74) is 0. The van der Waals surface area contributed by atoms with Gasteiger partial charge in [-0.3, -0.25) is 9.59 Å². The van der Waals surface area contributed by atoms with Gasteiger partial charge in [0.25, 0.3) is 0 Å². The normalized spacial score (nSPS) is 13.4. The smallest absolute Gasteiger partial charge is 0.362 e. The van der Waals surface area contributed by atoms with Gasteiger partial charge in [-0.15, -0.1) is 0 Å². The molecule has 0 fully saturated rings. The van der Waals surface area contributed by atoms with Crippen LogP contribution in [0.2, 0.25) is 0 Å². The Kier molecular flexibility index (Phi) is 40.6. The van der Waals surface area contributed by atoms with E-state index in [1.54, 1.807) is 0 Å². The quantitative estimate of drug-likeness (QED) is 0.0215. The van der Waals surface area contributed by atoms with Crippen LogP contribution in [0.5, 0.6) is 0 Å². The topological polar surface area (TPSA) is 99.1 Å². The minimum absolute atomic E-state index is 0.0543. The number of unbranched alkanes of at least 4 members (excludes halogenated alkanes) is 20. The van der Waals surface area contributed by atoms with Gasteiger partial charge in [-0.2, -0.15) is 0 Å². The number of allylic oxidation sites excluding steroid dienone is 10. The maximum absolute atomic E-state index is 12.8. The molecular formula is C52H92NO7+. The van der Waals surface area contributed by atoms with E-state index < -0.39 is 18.1 Å². The van der Waals surface area contributed by atoms with E-state index in [-0.39, 0.29) is 36.2 Å². The first kappa shape index (κ1) is 57.0. The molecular weight excluding hydrogens is 751 g/mol. The minimum Gasteiger partial charge on any atom is -0.477 e. The summed E-state index contributed by atoms with van der Waals surface area (Å²) >= 11 is 0. The molecule has 0 aromatic rings. The van der Waals surface area contributed by atoms with E-state index in [0.717, 1.165) is 77.0 Å². The van der Waals surface area contributed by atoms with Crippen LogP contribution in [0.3, 0.4) is 0 Å². The average molecular weight is 843 g/mol. The van der Waals surface area contributed by atoms with Crippen molar-refractivity contribution in [3.63, 3.8) is 0 Å². The van der Waals surface area contributed by atoms with Gasteiger partial charge in [0.15, 0.2) is 12.1 Å². The van der Waals surface area contributed by atoms with Crippen molar-refractivity contribution in [2.24, 2.45) is 0 Å². The summed E-state index contributed by atoms with van der Waals surface area (Å²) in [6, 6.07) is -0.619. The summed E-state index contributed by atoms with van der Waals surface area (Å²) in [5, 5.41) is 9.64. The SMILES string of the molecule is CC/C=C/C/C=C/C/C=C/CCCCCCCCCCCCCC(=O)OCC(COCCC(C(=O)O)[N+](C)(C)C)OC(=O)CCCCCCCC/C=C/C=C/CCCCC. The van der Waals surface area contributed by atoms with Gasteiger partial charge in [0, 0.05) is 19.3 Å². The van der Waals surface area contributed by atoms with Crippen molar-refractivity contribution in [3.8, 4) is 0 Å². The maximum Gasteiger partial charge on any atom is 0.362 e. The van der Waals surface area contributed by atoms with Crippen molar-refractivity contribution in [1.82, 2.24) is 0 Å². The number of hydrogen-bond donors (Lipinski definition) is 1. The van der Waals surface area contributed by atoms with Gasteiger partial charge in [0.05, 0.1) is 34.4 Å². The summed E-state index contributed by atoms with van der Waals surface area (Å²) in [6.07, 6.45) is 52.6. The summed E-state index contributed by atoms with van der Waals surface area (Å²) in [4.78, 5) is 37.1. The number of carbonyl (C=O) groups is 3. The Balaban J connectivity index is 4.26. The van der Waals surface area contributed by atoms with E-state index in [1.807, 2.05) is 21.1 Å². The number of rotatable bonds is 43. The first-order chi connectivity index (χ1) is 29.1. The lowest BCUT2D eigenvalue weighted by molar-refractivity contribution is -0.887. The molecule has 0 amide bonds. The third-order valence-corrected chi connectivity index (χ3v) is 10.7. The van der Waals surface area contributed by atoms with Gasteiger partial charge < -0.3 is 23.8 Å². The zero-order valence-corrected chi connectivity index (χ0v) is 39.4. The first-order valence-corrected chi connectivity index (χ1v) is 24.3. The van der Waals surface area contributed by atoms with Crippen molar-refractivity contribution in [2.75, 3.05) is 41.0 Å². The maximum atomic E-state index is 12.8. The van der Waals surface area contributed by atoms with Crippen LogP contribution in [0.25, 0.3) is 0 Å². The molecule has 8 heteroatoms. The number of quaternary nitrogens is 1. The average Bonchev–Trinajstić information content (AvgIpc) is 3.21. The number of esters is 2. The number of hydrogen-bond acceptors (Lipinski definition) is 6. The molecule has 0 aliphatic heterocycles. The Morgan fingerprint density at radius 2 is 0.983 bits per heavy atom. The van der Waals surface area contributed by atoms with E-state index in [0.29, 0.717) is 19.3 Å². The lowest BCUT2D eigenvalue weighted by Gasteiger charge is -2.31. The Morgan fingerprint density at radius 3 is 1.48 bits per heavy atom. The Morgan fingerprint density at radius 1 is 0.533 bits per heavy atom. The van der Waals surface area contributed by atoms with Crippen molar-refractivity contribution in [2.45, 2.75) is 212 Å². The molecule has 0 rings (SSSR count). The van der Waals surface area contributed by atoms with Crippen LogP contribution >= 0.6 is 0 Å². The number of nitrogens with zero attached hydrogens (tertiary/aromatic N) is 1. The van der Waals surface area contributed by atoms with Crippen LogP contribution < -0.4 is 0 Å². The molecule has 0 aromatic carbocycles. The number of carboxylic acid groups (broad SMARTS) is 1. The third-order valence-electron chi connectivity index (χ3n) is 10.7. The van der Waals surface area contributed by atoms with Crippen LogP contribution in [0.15, 0.2) is 60.8 Å².